The summed E-state index contributed by atoms with van der Waals surface area (Å²) in [6.45, 7) is 9.13. The van der Waals surface area contributed by atoms with Gasteiger partial charge in [-0.05, 0) is 12.8 Å². The highest BCUT2D eigenvalue weighted by Gasteiger charge is 1.99. The molecule has 0 atom stereocenters. The molecule has 0 aliphatic carbocycles. The highest BCUT2D eigenvalue weighted by molar-refractivity contribution is 5.69. The first kappa shape index (κ1) is 27.3. The lowest BCUT2D eigenvalue weighted by molar-refractivity contribution is -0.145. The maximum absolute atomic E-state index is 11.1. The predicted octanol–water partition coefficient (Wildman–Crippen LogP) is 4.54. The molecule has 0 aromatic heterocycles. The number of carbonyl (C=O) groups excluding carboxylic acids is 1. The summed E-state index contributed by atoms with van der Waals surface area (Å²) in [6, 6.07) is 0. The van der Waals surface area contributed by atoms with Gasteiger partial charge in [-0.2, -0.15) is 0 Å². The Morgan fingerprint density at radius 2 is 0.929 bits per heavy atom. The molecule has 0 saturated carbocycles. The molecule has 0 aliphatic heterocycles. The summed E-state index contributed by atoms with van der Waals surface area (Å²) in [5.41, 5.74) is 0. The highest BCUT2D eigenvalue weighted by Crippen LogP contribution is 2.08. The average molecular weight is 405 g/mol. The lowest BCUT2D eigenvalue weighted by Gasteiger charge is -2.08. The third kappa shape index (κ3) is 23.3. The topological polar surface area (TPSA) is 63.2 Å². The van der Waals surface area contributed by atoms with E-state index in [1.807, 2.05) is 6.92 Å². The van der Waals surface area contributed by atoms with E-state index < -0.39 is 0 Å². The number of ether oxygens (including phenoxy) is 5. The molecular formula is C22H44O6. The molecule has 0 aromatic rings. The number of carbonyl (C=O) groups is 1. The van der Waals surface area contributed by atoms with Crippen LogP contribution in [-0.2, 0) is 28.5 Å². The van der Waals surface area contributed by atoms with Gasteiger partial charge in [-0.1, -0.05) is 58.8 Å². The van der Waals surface area contributed by atoms with Crippen LogP contribution in [0, 0.1) is 0 Å². The van der Waals surface area contributed by atoms with Gasteiger partial charge in [0.15, 0.2) is 0 Å². The van der Waals surface area contributed by atoms with Crippen molar-refractivity contribution in [2.75, 3.05) is 59.5 Å². The van der Waals surface area contributed by atoms with E-state index >= 15 is 0 Å². The van der Waals surface area contributed by atoms with Crippen LogP contribution < -0.4 is 0 Å². The summed E-state index contributed by atoms with van der Waals surface area (Å²) in [6.07, 6.45) is 11.8. The first-order chi connectivity index (χ1) is 13.8. The second kappa shape index (κ2) is 24.3. The second-order valence-corrected chi connectivity index (χ2v) is 6.89. The molecule has 6 heteroatoms. The SMILES string of the molecule is CCCCCCCCCCOCCOCCOCCOCCOC(=O)CCC. The van der Waals surface area contributed by atoms with Crippen LogP contribution in [-0.4, -0.2) is 65.4 Å². The highest BCUT2D eigenvalue weighted by atomic mass is 16.6. The maximum atomic E-state index is 11.1. The maximum Gasteiger partial charge on any atom is 0.305 e. The Kier molecular flexibility index (Phi) is 23.7. The van der Waals surface area contributed by atoms with Crippen LogP contribution in [0.1, 0.15) is 78.1 Å². The fourth-order valence-electron chi connectivity index (χ4n) is 2.59. The minimum absolute atomic E-state index is 0.165. The molecule has 0 bridgehead atoms. The Balaban J connectivity index is 3.02. The Morgan fingerprint density at radius 3 is 1.43 bits per heavy atom. The molecule has 0 saturated heterocycles. The van der Waals surface area contributed by atoms with E-state index in [-0.39, 0.29) is 5.97 Å². The minimum atomic E-state index is -0.165. The van der Waals surface area contributed by atoms with Crippen LogP contribution in [0.25, 0.3) is 0 Å². The van der Waals surface area contributed by atoms with Crippen LogP contribution in [0.15, 0.2) is 0 Å². The average Bonchev–Trinajstić information content (AvgIpc) is 2.69. The van der Waals surface area contributed by atoms with E-state index in [1.165, 1.54) is 44.9 Å². The van der Waals surface area contributed by atoms with Crippen molar-refractivity contribution in [1.29, 1.82) is 0 Å². The summed E-state index contributed by atoms with van der Waals surface area (Å²) in [5.74, 6) is -0.165. The zero-order chi connectivity index (χ0) is 20.5. The summed E-state index contributed by atoms with van der Waals surface area (Å²) in [4.78, 5) is 11.1. The van der Waals surface area contributed by atoms with Gasteiger partial charge >= 0.3 is 5.97 Å². The fraction of sp³-hybridized carbons (Fsp3) is 0.955. The lowest BCUT2D eigenvalue weighted by Crippen LogP contribution is -2.14. The molecule has 0 spiro atoms. The number of rotatable bonds is 23. The van der Waals surface area contributed by atoms with Gasteiger partial charge in [0.1, 0.15) is 6.61 Å². The van der Waals surface area contributed by atoms with Crippen molar-refractivity contribution in [1.82, 2.24) is 0 Å². The number of esters is 1. The van der Waals surface area contributed by atoms with Crippen molar-refractivity contribution < 1.29 is 28.5 Å². The summed E-state index contributed by atoms with van der Waals surface area (Å²) < 4.78 is 26.7. The second-order valence-electron chi connectivity index (χ2n) is 6.89. The molecule has 0 aromatic carbocycles. The number of hydrogen-bond acceptors (Lipinski definition) is 6. The first-order valence-corrected chi connectivity index (χ1v) is 11.3. The smallest absolute Gasteiger partial charge is 0.305 e. The summed E-state index contributed by atoms with van der Waals surface area (Å²) >= 11 is 0. The number of hydrogen-bond donors (Lipinski definition) is 0. The van der Waals surface area contributed by atoms with E-state index in [1.54, 1.807) is 0 Å². The van der Waals surface area contributed by atoms with Crippen LogP contribution in [0.3, 0.4) is 0 Å². The van der Waals surface area contributed by atoms with Crippen LogP contribution in [0.5, 0.6) is 0 Å². The zero-order valence-electron chi connectivity index (χ0n) is 18.4. The minimum Gasteiger partial charge on any atom is -0.463 e. The van der Waals surface area contributed by atoms with Crippen molar-refractivity contribution in [3.8, 4) is 0 Å². The zero-order valence-corrected chi connectivity index (χ0v) is 18.4. The molecular weight excluding hydrogens is 360 g/mol. The Bertz CT molecular complexity index is 311. The van der Waals surface area contributed by atoms with Crippen molar-refractivity contribution >= 4 is 5.97 Å². The summed E-state index contributed by atoms with van der Waals surface area (Å²) in [5, 5.41) is 0. The first-order valence-electron chi connectivity index (χ1n) is 11.3. The van der Waals surface area contributed by atoms with E-state index in [0.717, 1.165) is 19.4 Å². The quantitative estimate of drug-likeness (QED) is 0.184. The van der Waals surface area contributed by atoms with E-state index in [4.69, 9.17) is 23.7 Å². The van der Waals surface area contributed by atoms with Gasteiger partial charge in [-0.25, -0.2) is 0 Å². The monoisotopic (exact) mass is 404 g/mol. The van der Waals surface area contributed by atoms with Gasteiger partial charge < -0.3 is 23.7 Å². The molecule has 0 amide bonds. The van der Waals surface area contributed by atoms with Gasteiger partial charge in [0.25, 0.3) is 0 Å². The lowest BCUT2D eigenvalue weighted by atomic mass is 10.1. The Hall–Kier alpha value is -0.690. The van der Waals surface area contributed by atoms with E-state index in [9.17, 15) is 4.79 Å². The molecule has 0 fully saturated rings. The standard InChI is InChI=1S/C22H44O6/c1-3-5-6-7-8-9-10-11-13-24-14-15-25-16-17-26-18-19-27-20-21-28-22(23)12-4-2/h3-21H2,1-2H3. The molecule has 168 valence electrons. The molecule has 0 unspecified atom stereocenters. The van der Waals surface area contributed by atoms with Crippen molar-refractivity contribution in [3.63, 3.8) is 0 Å². The molecule has 28 heavy (non-hydrogen) atoms. The third-order valence-corrected chi connectivity index (χ3v) is 4.20. The molecule has 0 N–H and O–H groups in total. The molecule has 0 aliphatic rings. The molecule has 0 rings (SSSR count). The molecule has 6 nitrogen and oxygen atoms in total. The van der Waals surface area contributed by atoms with Crippen LogP contribution in [0.2, 0.25) is 0 Å². The van der Waals surface area contributed by atoms with Gasteiger partial charge in [0.05, 0.1) is 46.2 Å². The normalized spacial score (nSPS) is 11.1. The van der Waals surface area contributed by atoms with Gasteiger partial charge in [-0.3, -0.25) is 4.79 Å². The Labute approximate surface area is 172 Å². The van der Waals surface area contributed by atoms with E-state index in [2.05, 4.69) is 6.92 Å². The van der Waals surface area contributed by atoms with Gasteiger partial charge in [0, 0.05) is 13.0 Å². The van der Waals surface area contributed by atoms with Gasteiger partial charge in [0.2, 0.25) is 0 Å². The van der Waals surface area contributed by atoms with Crippen LogP contribution >= 0.6 is 0 Å². The van der Waals surface area contributed by atoms with E-state index in [0.29, 0.717) is 59.3 Å². The van der Waals surface area contributed by atoms with Crippen LogP contribution in [0.4, 0.5) is 0 Å². The predicted molar refractivity (Wildman–Crippen MR) is 112 cm³/mol. The largest absolute Gasteiger partial charge is 0.463 e. The Morgan fingerprint density at radius 1 is 0.500 bits per heavy atom. The molecule has 0 heterocycles. The van der Waals surface area contributed by atoms with Crippen molar-refractivity contribution in [2.45, 2.75) is 78.1 Å². The number of unbranched alkanes of at least 4 members (excludes halogenated alkanes) is 7. The molecule has 0 radical (unpaired) electrons. The summed E-state index contributed by atoms with van der Waals surface area (Å²) in [7, 11) is 0. The van der Waals surface area contributed by atoms with Gasteiger partial charge in [-0.15, -0.1) is 0 Å². The van der Waals surface area contributed by atoms with Crippen molar-refractivity contribution in [3.05, 3.63) is 0 Å². The van der Waals surface area contributed by atoms with Crippen molar-refractivity contribution in [2.24, 2.45) is 0 Å². The fourth-order valence-corrected chi connectivity index (χ4v) is 2.59. The third-order valence-electron chi connectivity index (χ3n) is 4.20.